The number of halogens is 1. The van der Waals surface area contributed by atoms with Gasteiger partial charge in [-0.2, -0.15) is 0 Å². The number of thiazole rings is 1. The standard InChI is InChI=1S/C33H30BrN3O8S/c1-5-43-27-17-25(34)24(16-26(27)42-4)30-29(32(39)44-6-2)19(3)35-33-36(30)31(38)28(46-33)15-20-9-13-23(14-10-20)45-18-21-7-11-22(12-8-21)37(40)41/h7-17,30H,5-6,18H2,1-4H3/b28-15+/t30-/m0/s1. The highest BCUT2D eigenvalue weighted by Crippen LogP contribution is 2.41. The lowest BCUT2D eigenvalue weighted by molar-refractivity contribution is -0.384. The van der Waals surface area contributed by atoms with Gasteiger partial charge in [-0.25, -0.2) is 9.79 Å². The molecule has 11 nitrogen and oxygen atoms in total. The van der Waals surface area contributed by atoms with Gasteiger partial charge in [0.2, 0.25) is 0 Å². The van der Waals surface area contributed by atoms with Gasteiger partial charge >= 0.3 is 5.97 Å². The van der Waals surface area contributed by atoms with Crippen molar-refractivity contribution in [2.75, 3.05) is 20.3 Å². The molecule has 5 rings (SSSR count). The number of rotatable bonds is 11. The molecular weight excluding hydrogens is 678 g/mol. The largest absolute Gasteiger partial charge is 0.493 e. The minimum absolute atomic E-state index is 0.0174. The lowest BCUT2D eigenvalue weighted by atomic mass is 9.95. The van der Waals surface area contributed by atoms with Crippen molar-refractivity contribution in [2.24, 2.45) is 4.99 Å². The van der Waals surface area contributed by atoms with Gasteiger partial charge in [0.1, 0.15) is 12.4 Å². The van der Waals surface area contributed by atoms with Crippen LogP contribution in [0.15, 0.2) is 86.2 Å². The fourth-order valence-corrected chi connectivity index (χ4v) is 6.55. The number of benzene rings is 3. The van der Waals surface area contributed by atoms with Gasteiger partial charge in [0.15, 0.2) is 16.3 Å². The quantitative estimate of drug-likeness (QED) is 0.114. The van der Waals surface area contributed by atoms with Crippen LogP contribution in [0.5, 0.6) is 17.2 Å². The predicted octanol–water partition coefficient (Wildman–Crippen LogP) is 5.46. The number of carbonyl (C=O) groups is 1. The van der Waals surface area contributed by atoms with Gasteiger partial charge in [-0.15, -0.1) is 0 Å². The molecule has 0 saturated heterocycles. The highest BCUT2D eigenvalue weighted by atomic mass is 79.9. The van der Waals surface area contributed by atoms with Gasteiger partial charge in [0.25, 0.3) is 11.2 Å². The average molecular weight is 709 g/mol. The number of aromatic nitrogens is 1. The maximum atomic E-state index is 14.0. The van der Waals surface area contributed by atoms with Gasteiger partial charge in [-0.1, -0.05) is 39.4 Å². The molecule has 0 unspecified atom stereocenters. The zero-order valence-electron chi connectivity index (χ0n) is 25.4. The Hall–Kier alpha value is -4.75. The summed E-state index contributed by atoms with van der Waals surface area (Å²) in [6, 6.07) is 16.1. The molecule has 0 radical (unpaired) electrons. The Morgan fingerprint density at radius 2 is 1.78 bits per heavy atom. The third-order valence-corrected chi connectivity index (χ3v) is 8.79. The number of nitro groups is 1. The number of nitrogens with zero attached hydrogens (tertiary/aromatic N) is 3. The average Bonchev–Trinajstić information content (AvgIpc) is 3.34. The van der Waals surface area contributed by atoms with E-state index in [1.54, 1.807) is 56.3 Å². The van der Waals surface area contributed by atoms with Crippen molar-refractivity contribution in [2.45, 2.75) is 33.4 Å². The van der Waals surface area contributed by atoms with E-state index in [1.165, 1.54) is 35.1 Å². The molecule has 2 heterocycles. The summed E-state index contributed by atoms with van der Waals surface area (Å²) in [6.45, 7) is 6.15. The molecule has 0 bridgehead atoms. The molecule has 0 N–H and O–H groups in total. The summed E-state index contributed by atoms with van der Waals surface area (Å²) in [6.07, 6.45) is 1.76. The number of ether oxygens (including phenoxy) is 4. The molecule has 0 fully saturated rings. The second-order valence-corrected chi connectivity index (χ2v) is 11.9. The first-order chi connectivity index (χ1) is 22.1. The lowest BCUT2D eigenvalue weighted by Crippen LogP contribution is -2.40. The molecule has 1 aromatic heterocycles. The van der Waals surface area contributed by atoms with Gasteiger partial charge in [-0.3, -0.25) is 19.5 Å². The SMILES string of the molecule is CCOC(=O)C1=C(C)N=c2s/c(=C/c3ccc(OCc4ccc([N+](=O)[O-])cc4)cc3)c(=O)n2[C@H]1c1cc(OC)c(OCC)cc1Br. The Morgan fingerprint density at radius 3 is 2.41 bits per heavy atom. The number of esters is 1. The molecule has 1 aliphatic heterocycles. The van der Waals surface area contributed by atoms with Crippen LogP contribution in [0.2, 0.25) is 0 Å². The van der Waals surface area contributed by atoms with Crippen molar-refractivity contribution >= 4 is 45.0 Å². The number of methoxy groups -OCH3 is 1. The predicted molar refractivity (Wildman–Crippen MR) is 176 cm³/mol. The van der Waals surface area contributed by atoms with Crippen molar-refractivity contribution in [3.63, 3.8) is 0 Å². The number of carbonyl (C=O) groups excluding carboxylic acids is 1. The minimum Gasteiger partial charge on any atom is -0.493 e. The normalized spacial score (nSPS) is 14.4. The molecule has 4 aromatic rings. The van der Waals surface area contributed by atoms with Gasteiger partial charge < -0.3 is 18.9 Å². The van der Waals surface area contributed by atoms with Crippen LogP contribution in [-0.2, 0) is 16.1 Å². The number of nitro benzene ring substituents is 1. The fourth-order valence-electron chi connectivity index (χ4n) is 4.97. The maximum Gasteiger partial charge on any atom is 0.338 e. The van der Waals surface area contributed by atoms with E-state index in [0.29, 0.717) is 48.9 Å². The maximum absolute atomic E-state index is 14.0. The summed E-state index contributed by atoms with van der Waals surface area (Å²) in [4.78, 5) is 42.8. The first-order valence-electron chi connectivity index (χ1n) is 14.3. The summed E-state index contributed by atoms with van der Waals surface area (Å²) >= 11 is 4.85. The summed E-state index contributed by atoms with van der Waals surface area (Å²) in [5.41, 5.74) is 2.56. The topological polar surface area (TPSA) is 131 Å². The third-order valence-electron chi connectivity index (χ3n) is 7.12. The van der Waals surface area contributed by atoms with Crippen LogP contribution in [0.3, 0.4) is 0 Å². The molecule has 13 heteroatoms. The third kappa shape index (κ3) is 6.75. The van der Waals surface area contributed by atoms with E-state index in [9.17, 15) is 19.7 Å². The van der Waals surface area contributed by atoms with Crippen molar-refractivity contribution in [3.05, 3.63) is 123 Å². The molecule has 1 aliphatic rings. The van der Waals surface area contributed by atoms with E-state index >= 15 is 0 Å². The van der Waals surface area contributed by atoms with E-state index in [-0.39, 0.29) is 30.0 Å². The summed E-state index contributed by atoms with van der Waals surface area (Å²) in [7, 11) is 1.53. The monoisotopic (exact) mass is 707 g/mol. The Balaban J connectivity index is 1.51. The zero-order valence-corrected chi connectivity index (χ0v) is 27.8. The Bertz CT molecular complexity index is 2000. The van der Waals surface area contributed by atoms with Crippen LogP contribution in [0.4, 0.5) is 5.69 Å². The molecule has 0 spiro atoms. The number of hydrogen-bond acceptors (Lipinski definition) is 10. The van der Waals surface area contributed by atoms with Crippen LogP contribution < -0.4 is 29.1 Å². The van der Waals surface area contributed by atoms with Gasteiger partial charge in [0.05, 0.1) is 47.1 Å². The zero-order chi connectivity index (χ0) is 33.0. The summed E-state index contributed by atoms with van der Waals surface area (Å²) in [5, 5.41) is 10.9. The number of hydrogen-bond donors (Lipinski definition) is 0. The number of non-ortho nitro benzene ring substituents is 1. The second-order valence-electron chi connectivity index (χ2n) is 10.0. The van der Waals surface area contributed by atoms with Crippen molar-refractivity contribution in [3.8, 4) is 17.2 Å². The Morgan fingerprint density at radius 1 is 1.07 bits per heavy atom. The smallest absolute Gasteiger partial charge is 0.338 e. The first kappa shape index (κ1) is 32.6. The van der Waals surface area contributed by atoms with Crippen LogP contribution in [0.1, 0.15) is 43.5 Å². The van der Waals surface area contributed by atoms with Crippen molar-refractivity contribution < 1.29 is 28.7 Å². The summed E-state index contributed by atoms with van der Waals surface area (Å²) < 4.78 is 25.1. The van der Waals surface area contributed by atoms with Crippen LogP contribution in [0, 0.1) is 10.1 Å². The molecule has 238 valence electrons. The van der Waals surface area contributed by atoms with E-state index in [2.05, 4.69) is 20.9 Å². The number of allylic oxidation sites excluding steroid dienone is 1. The number of fused-ring (bicyclic) bond motifs is 1. The minimum atomic E-state index is -0.841. The molecule has 0 amide bonds. The highest BCUT2D eigenvalue weighted by Gasteiger charge is 2.35. The first-order valence-corrected chi connectivity index (χ1v) is 15.9. The van der Waals surface area contributed by atoms with E-state index in [0.717, 1.165) is 11.1 Å². The Labute approximate surface area is 276 Å². The van der Waals surface area contributed by atoms with E-state index in [4.69, 9.17) is 18.9 Å². The molecule has 46 heavy (non-hydrogen) atoms. The van der Waals surface area contributed by atoms with Crippen molar-refractivity contribution in [1.29, 1.82) is 0 Å². The van der Waals surface area contributed by atoms with Crippen LogP contribution >= 0.6 is 27.3 Å². The molecular formula is C33H30BrN3O8S. The second kappa shape index (κ2) is 14.1. The fraction of sp³-hybridized carbons (Fsp3) is 0.242. The van der Waals surface area contributed by atoms with E-state index in [1.807, 2.05) is 19.1 Å². The molecule has 3 aromatic carbocycles. The van der Waals surface area contributed by atoms with Gasteiger partial charge in [0, 0.05) is 16.6 Å². The lowest BCUT2D eigenvalue weighted by Gasteiger charge is -2.26. The highest BCUT2D eigenvalue weighted by molar-refractivity contribution is 9.10. The summed E-state index contributed by atoms with van der Waals surface area (Å²) in [5.74, 6) is 1.01. The van der Waals surface area contributed by atoms with Crippen molar-refractivity contribution in [1.82, 2.24) is 4.57 Å². The molecule has 1 atom stereocenters. The Kier molecular flexibility index (Phi) is 10.0. The van der Waals surface area contributed by atoms with Gasteiger partial charge in [-0.05, 0) is 79.9 Å². The van der Waals surface area contributed by atoms with Crippen LogP contribution in [0.25, 0.3) is 6.08 Å². The van der Waals surface area contributed by atoms with Crippen LogP contribution in [-0.4, -0.2) is 35.8 Å². The molecule has 0 saturated carbocycles. The molecule has 0 aliphatic carbocycles. The van der Waals surface area contributed by atoms with E-state index < -0.39 is 16.9 Å².